The molecule has 0 heterocycles. The van der Waals surface area contributed by atoms with Crippen LogP contribution in [0.25, 0.3) is 0 Å². The van der Waals surface area contributed by atoms with Gasteiger partial charge in [0.1, 0.15) is 11.7 Å². The number of hydrogen-bond donors (Lipinski definition) is 2. The first kappa shape index (κ1) is 20.6. The van der Waals surface area contributed by atoms with Crippen LogP contribution in [-0.2, 0) is 19.1 Å². The van der Waals surface area contributed by atoms with Gasteiger partial charge in [-0.3, -0.25) is 4.79 Å². The van der Waals surface area contributed by atoms with Crippen molar-refractivity contribution in [1.82, 2.24) is 0 Å². The van der Waals surface area contributed by atoms with Crippen molar-refractivity contribution in [2.24, 2.45) is 5.92 Å². The third-order valence-corrected chi connectivity index (χ3v) is 3.40. The Morgan fingerprint density at radius 3 is 2.36 bits per heavy atom. The van der Waals surface area contributed by atoms with Gasteiger partial charge in [0.2, 0.25) is 0 Å². The highest BCUT2D eigenvalue weighted by Crippen LogP contribution is 2.24. The second-order valence-corrected chi connectivity index (χ2v) is 5.61. The van der Waals surface area contributed by atoms with Crippen molar-refractivity contribution in [2.45, 2.75) is 65.3 Å². The predicted octanol–water partition coefficient (Wildman–Crippen LogP) is 1.59. The van der Waals surface area contributed by atoms with Crippen molar-refractivity contribution in [3.8, 4) is 0 Å². The van der Waals surface area contributed by atoms with Crippen LogP contribution in [0.1, 0.15) is 47.5 Å². The average Bonchev–Trinajstić information content (AvgIpc) is 2.43. The Balaban J connectivity index is 4.72. The van der Waals surface area contributed by atoms with E-state index in [2.05, 4.69) is 0 Å². The molecule has 0 aliphatic rings. The number of aliphatic hydroxyl groups excluding tert-OH is 1. The predicted molar refractivity (Wildman–Crippen MR) is 82.0 cm³/mol. The van der Waals surface area contributed by atoms with Crippen molar-refractivity contribution in [3.63, 3.8) is 0 Å². The molecule has 0 saturated heterocycles. The maximum Gasteiger partial charge on any atom is 0.330 e. The molecule has 0 spiro atoms. The molecule has 0 aromatic carbocycles. The van der Waals surface area contributed by atoms with Crippen molar-refractivity contribution in [1.29, 1.82) is 0 Å². The van der Waals surface area contributed by atoms with Crippen molar-refractivity contribution in [3.05, 3.63) is 12.2 Å². The third kappa shape index (κ3) is 7.56. The Kier molecular flexibility index (Phi) is 8.97. The number of carbonyl (C=O) groups is 2. The summed E-state index contributed by atoms with van der Waals surface area (Å²) in [6.07, 6.45) is 1.94. The molecular weight excluding hydrogens is 288 g/mol. The SMILES string of the molecule is CCOC(=O)/C=C/[C@@](C)(O)[C@@H](O)[C@@H](C)C[C@@H](CC)OC(C)=O. The highest BCUT2D eigenvalue weighted by molar-refractivity contribution is 5.82. The zero-order chi connectivity index (χ0) is 17.3. The highest BCUT2D eigenvalue weighted by Gasteiger charge is 2.33. The summed E-state index contributed by atoms with van der Waals surface area (Å²) >= 11 is 0. The molecule has 0 aliphatic heterocycles. The van der Waals surface area contributed by atoms with Crippen LogP contribution < -0.4 is 0 Å². The topological polar surface area (TPSA) is 93.1 Å². The number of ether oxygens (including phenoxy) is 2. The second kappa shape index (κ2) is 9.58. The van der Waals surface area contributed by atoms with Crippen molar-refractivity contribution >= 4 is 11.9 Å². The van der Waals surface area contributed by atoms with E-state index in [9.17, 15) is 19.8 Å². The first-order valence-electron chi connectivity index (χ1n) is 7.57. The van der Waals surface area contributed by atoms with Gasteiger partial charge in [-0.25, -0.2) is 4.79 Å². The fraction of sp³-hybridized carbons (Fsp3) is 0.750. The number of hydrogen-bond acceptors (Lipinski definition) is 6. The van der Waals surface area contributed by atoms with E-state index < -0.39 is 17.7 Å². The molecule has 6 nitrogen and oxygen atoms in total. The lowest BCUT2D eigenvalue weighted by molar-refractivity contribution is -0.148. The normalized spacial score (nSPS) is 18.3. The van der Waals surface area contributed by atoms with E-state index in [1.807, 2.05) is 6.92 Å². The average molecular weight is 316 g/mol. The first-order chi connectivity index (χ1) is 10.1. The third-order valence-electron chi connectivity index (χ3n) is 3.40. The molecule has 6 heteroatoms. The standard InChI is InChI=1S/C16H28O6/c1-6-13(22-12(4)17)10-11(3)15(19)16(5,20)9-8-14(18)21-7-2/h8-9,11,13,15,19-20H,6-7,10H2,1-5H3/b9-8+/t11-,13+,15-,16+/m0/s1. The molecule has 22 heavy (non-hydrogen) atoms. The van der Waals surface area contributed by atoms with Gasteiger partial charge in [-0.1, -0.05) is 13.8 Å². The van der Waals surface area contributed by atoms with Crippen LogP contribution in [0.15, 0.2) is 12.2 Å². The summed E-state index contributed by atoms with van der Waals surface area (Å²) in [5.74, 6) is -1.28. The Morgan fingerprint density at radius 1 is 1.32 bits per heavy atom. The van der Waals surface area contributed by atoms with Gasteiger partial charge in [-0.05, 0) is 38.7 Å². The lowest BCUT2D eigenvalue weighted by Gasteiger charge is -2.32. The molecule has 0 bridgehead atoms. The highest BCUT2D eigenvalue weighted by atomic mass is 16.5. The minimum absolute atomic E-state index is 0.241. The summed E-state index contributed by atoms with van der Waals surface area (Å²) in [6, 6.07) is 0. The Morgan fingerprint density at radius 2 is 1.91 bits per heavy atom. The fourth-order valence-electron chi connectivity index (χ4n) is 2.18. The summed E-state index contributed by atoms with van der Waals surface area (Å²) in [5, 5.41) is 20.6. The van der Waals surface area contributed by atoms with Gasteiger partial charge < -0.3 is 19.7 Å². The molecule has 0 aromatic heterocycles. The van der Waals surface area contributed by atoms with E-state index in [0.29, 0.717) is 12.8 Å². The van der Waals surface area contributed by atoms with E-state index in [1.165, 1.54) is 19.9 Å². The van der Waals surface area contributed by atoms with Gasteiger partial charge in [0.25, 0.3) is 0 Å². The van der Waals surface area contributed by atoms with E-state index in [0.717, 1.165) is 6.08 Å². The Bertz CT molecular complexity index is 388. The number of aliphatic hydroxyl groups is 2. The van der Waals surface area contributed by atoms with E-state index in [-0.39, 0.29) is 24.6 Å². The molecule has 0 radical (unpaired) electrons. The zero-order valence-corrected chi connectivity index (χ0v) is 14.0. The van der Waals surface area contributed by atoms with Crippen LogP contribution >= 0.6 is 0 Å². The van der Waals surface area contributed by atoms with Gasteiger partial charge in [0.05, 0.1) is 12.7 Å². The van der Waals surface area contributed by atoms with E-state index in [4.69, 9.17) is 9.47 Å². The van der Waals surface area contributed by atoms with Gasteiger partial charge in [-0.2, -0.15) is 0 Å². The van der Waals surface area contributed by atoms with Crippen LogP contribution in [0.2, 0.25) is 0 Å². The second-order valence-electron chi connectivity index (χ2n) is 5.61. The van der Waals surface area contributed by atoms with Gasteiger partial charge in [0, 0.05) is 13.0 Å². The van der Waals surface area contributed by atoms with Crippen molar-refractivity contribution < 1.29 is 29.3 Å². The van der Waals surface area contributed by atoms with Gasteiger partial charge >= 0.3 is 11.9 Å². The molecule has 128 valence electrons. The molecule has 2 N–H and O–H groups in total. The first-order valence-corrected chi connectivity index (χ1v) is 7.57. The molecule has 0 rings (SSSR count). The van der Waals surface area contributed by atoms with Crippen LogP contribution in [-0.4, -0.2) is 46.6 Å². The van der Waals surface area contributed by atoms with Crippen LogP contribution in [0.3, 0.4) is 0 Å². The largest absolute Gasteiger partial charge is 0.463 e. The lowest BCUT2D eigenvalue weighted by atomic mass is 9.85. The van der Waals surface area contributed by atoms with E-state index in [1.54, 1.807) is 13.8 Å². The number of esters is 2. The van der Waals surface area contributed by atoms with Gasteiger partial charge in [0.15, 0.2) is 0 Å². The fourth-order valence-corrected chi connectivity index (χ4v) is 2.18. The molecular formula is C16H28O6. The Labute approximate surface area is 132 Å². The smallest absolute Gasteiger partial charge is 0.330 e. The summed E-state index contributed by atoms with van der Waals surface area (Å²) in [6.45, 7) is 8.30. The zero-order valence-electron chi connectivity index (χ0n) is 14.0. The number of rotatable bonds is 9. The van der Waals surface area contributed by atoms with Crippen LogP contribution in [0.4, 0.5) is 0 Å². The molecule has 0 fully saturated rings. The molecule has 0 amide bonds. The summed E-state index contributed by atoms with van der Waals surface area (Å²) in [7, 11) is 0. The summed E-state index contributed by atoms with van der Waals surface area (Å²) < 4.78 is 9.87. The van der Waals surface area contributed by atoms with Crippen molar-refractivity contribution in [2.75, 3.05) is 6.61 Å². The van der Waals surface area contributed by atoms with E-state index >= 15 is 0 Å². The maximum absolute atomic E-state index is 11.3. The Hall–Kier alpha value is -1.40. The summed E-state index contributed by atoms with van der Waals surface area (Å²) in [4.78, 5) is 22.3. The number of carbonyl (C=O) groups excluding carboxylic acids is 2. The molecule has 4 atom stereocenters. The molecule has 0 aliphatic carbocycles. The minimum atomic E-state index is -1.58. The monoisotopic (exact) mass is 316 g/mol. The lowest BCUT2D eigenvalue weighted by Crippen LogP contribution is -2.43. The molecule has 0 aromatic rings. The molecule has 0 unspecified atom stereocenters. The molecule has 0 saturated carbocycles. The van der Waals surface area contributed by atoms with Crippen LogP contribution in [0, 0.1) is 5.92 Å². The summed E-state index contributed by atoms with van der Waals surface area (Å²) in [5.41, 5.74) is -1.58. The minimum Gasteiger partial charge on any atom is -0.463 e. The maximum atomic E-state index is 11.3. The van der Waals surface area contributed by atoms with Gasteiger partial charge in [-0.15, -0.1) is 0 Å². The van der Waals surface area contributed by atoms with Crippen LogP contribution in [0.5, 0.6) is 0 Å². The quantitative estimate of drug-likeness (QED) is 0.495.